The molecule has 3 aromatic rings. The number of carboxylic acids is 1. The van der Waals surface area contributed by atoms with E-state index in [-0.39, 0.29) is 33.8 Å². The second-order valence-electron chi connectivity index (χ2n) is 8.26. The van der Waals surface area contributed by atoms with Crippen LogP contribution in [0.4, 0.5) is 0 Å². The summed E-state index contributed by atoms with van der Waals surface area (Å²) in [5.74, 6) is -0.438. The van der Waals surface area contributed by atoms with Gasteiger partial charge in [-0.1, -0.05) is 12.8 Å². The van der Waals surface area contributed by atoms with Crippen molar-refractivity contribution in [2.75, 3.05) is 5.75 Å². The van der Waals surface area contributed by atoms with Crippen molar-refractivity contribution in [3.8, 4) is 17.2 Å². The SMILES string of the molecule is Cc1cc2[nH]c(C(=O)O)cc2c(C)c1Oc1ccc(O)cc1S(=O)(=O)CC1CCCC1. The van der Waals surface area contributed by atoms with Gasteiger partial charge in [-0.05, 0) is 62.4 Å². The Labute approximate surface area is 180 Å². The highest BCUT2D eigenvalue weighted by molar-refractivity contribution is 7.91. The van der Waals surface area contributed by atoms with E-state index in [2.05, 4.69) is 4.98 Å². The van der Waals surface area contributed by atoms with E-state index in [4.69, 9.17) is 4.74 Å². The number of rotatable bonds is 6. The summed E-state index contributed by atoms with van der Waals surface area (Å²) in [5, 5.41) is 19.9. The van der Waals surface area contributed by atoms with Crippen molar-refractivity contribution in [1.82, 2.24) is 4.98 Å². The van der Waals surface area contributed by atoms with Gasteiger partial charge >= 0.3 is 5.97 Å². The van der Waals surface area contributed by atoms with E-state index in [9.17, 15) is 23.4 Å². The fraction of sp³-hybridized carbons (Fsp3) is 0.348. The molecule has 8 heteroatoms. The molecule has 1 saturated carbocycles. The normalized spacial score (nSPS) is 14.9. The zero-order valence-corrected chi connectivity index (χ0v) is 18.3. The summed E-state index contributed by atoms with van der Waals surface area (Å²) in [5.41, 5.74) is 2.17. The molecule has 0 unspecified atom stereocenters. The highest BCUT2D eigenvalue weighted by Gasteiger charge is 2.28. The molecule has 0 radical (unpaired) electrons. The molecule has 31 heavy (non-hydrogen) atoms. The number of carbonyl (C=O) groups is 1. The van der Waals surface area contributed by atoms with Gasteiger partial charge in [0.15, 0.2) is 9.84 Å². The van der Waals surface area contributed by atoms with E-state index in [0.29, 0.717) is 22.2 Å². The number of hydrogen-bond acceptors (Lipinski definition) is 5. The molecule has 1 fully saturated rings. The number of phenolic OH excluding ortho intramolecular Hbond substituents is 1. The number of aryl methyl sites for hydroxylation is 2. The molecular formula is C23H25NO6S. The predicted molar refractivity (Wildman–Crippen MR) is 117 cm³/mol. The van der Waals surface area contributed by atoms with Crippen molar-refractivity contribution in [2.45, 2.75) is 44.4 Å². The van der Waals surface area contributed by atoms with E-state index in [1.807, 2.05) is 6.92 Å². The number of H-pyrrole nitrogens is 1. The van der Waals surface area contributed by atoms with Crippen LogP contribution in [0, 0.1) is 19.8 Å². The Kier molecular flexibility index (Phi) is 5.43. The molecule has 1 aliphatic rings. The molecule has 3 N–H and O–H groups in total. The molecule has 1 aliphatic carbocycles. The second kappa shape index (κ2) is 7.92. The topological polar surface area (TPSA) is 117 Å². The molecule has 4 rings (SSSR count). The van der Waals surface area contributed by atoms with Gasteiger partial charge in [0.25, 0.3) is 0 Å². The summed E-state index contributed by atoms with van der Waals surface area (Å²) in [6.07, 6.45) is 3.86. The fourth-order valence-electron chi connectivity index (χ4n) is 4.38. The van der Waals surface area contributed by atoms with Gasteiger partial charge in [0.2, 0.25) is 0 Å². The van der Waals surface area contributed by atoms with Crippen LogP contribution in [-0.4, -0.2) is 35.3 Å². The largest absolute Gasteiger partial charge is 0.508 e. The number of fused-ring (bicyclic) bond motifs is 1. The lowest BCUT2D eigenvalue weighted by Crippen LogP contribution is -2.15. The van der Waals surface area contributed by atoms with Crippen LogP contribution >= 0.6 is 0 Å². The molecular weight excluding hydrogens is 418 g/mol. The lowest BCUT2D eigenvalue weighted by Gasteiger charge is -2.17. The van der Waals surface area contributed by atoms with Gasteiger partial charge in [0, 0.05) is 22.5 Å². The Morgan fingerprint density at radius 3 is 2.55 bits per heavy atom. The number of aromatic hydroxyl groups is 1. The van der Waals surface area contributed by atoms with Gasteiger partial charge in [0.1, 0.15) is 27.8 Å². The van der Waals surface area contributed by atoms with Crippen molar-refractivity contribution >= 4 is 26.7 Å². The second-order valence-corrected chi connectivity index (χ2v) is 10.3. The first-order valence-electron chi connectivity index (χ1n) is 10.3. The summed E-state index contributed by atoms with van der Waals surface area (Å²) >= 11 is 0. The molecule has 1 aromatic heterocycles. The van der Waals surface area contributed by atoms with Crippen LogP contribution in [0.3, 0.4) is 0 Å². The first-order valence-corrected chi connectivity index (χ1v) is 11.9. The Morgan fingerprint density at radius 1 is 1.16 bits per heavy atom. The van der Waals surface area contributed by atoms with Gasteiger partial charge in [-0.15, -0.1) is 0 Å². The van der Waals surface area contributed by atoms with Gasteiger partial charge in [-0.25, -0.2) is 13.2 Å². The van der Waals surface area contributed by atoms with Crippen LogP contribution in [0.5, 0.6) is 17.2 Å². The Morgan fingerprint density at radius 2 is 1.87 bits per heavy atom. The molecule has 0 saturated heterocycles. The van der Waals surface area contributed by atoms with E-state index in [1.54, 1.807) is 13.0 Å². The summed E-state index contributed by atoms with van der Waals surface area (Å²) in [4.78, 5) is 14.2. The molecule has 1 heterocycles. The highest BCUT2D eigenvalue weighted by Crippen LogP contribution is 2.39. The van der Waals surface area contributed by atoms with Crippen LogP contribution in [-0.2, 0) is 9.84 Å². The Hall–Kier alpha value is -3.00. The number of aromatic carboxylic acids is 1. The minimum Gasteiger partial charge on any atom is -0.508 e. The standard InChI is InChI=1S/C23H25NO6S/c1-13-9-18-17(11-19(24-18)23(26)27)14(2)22(13)30-20-8-7-16(25)10-21(20)31(28,29)12-15-5-3-4-6-15/h7-11,15,24-25H,3-6,12H2,1-2H3,(H,26,27). The van der Waals surface area contributed by atoms with Crippen molar-refractivity contribution in [3.05, 3.63) is 47.2 Å². The Bertz CT molecular complexity index is 1270. The molecule has 0 aliphatic heterocycles. The number of ether oxygens (including phenoxy) is 1. The molecule has 0 atom stereocenters. The number of carboxylic acid groups (broad SMARTS) is 1. The van der Waals surface area contributed by atoms with E-state index in [0.717, 1.165) is 31.2 Å². The number of benzene rings is 2. The molecule has 164 valence electrons. The molecule has 0 amide bonds. The van der Waals surface area contributed by atoms with Crippen LogP contribution < -0.4 is 4.74 Å². The smallest absolute Gasteiger partial charge is 0.352 e. The Balaban J connectivity index is 1.76. The quantitative estimate of drug-likeness (QED) is 0.497. The third-order valence-corrected chi connectivity index (χ3v) is 7.85. The lowest BCUT2D eigenvalue weighted by molar-refractivity contribution is 0.0691. The third-order valence-electron chi connectivity index (χ3n) is 5.95. The van der Waals surface area contributed by atoms with Gasteiger partial charge in [0.05, 0.1) is 5.75 Å². The van der Waals surface area contributed by atoms with Crippen LogP contribution in [0.1, 0.15) is 47.3 Å². The number of aromatic nitrogens is 1. The van der Waals surface area contributed by atoms with Crippen molar-refractivity contribution in [1.29, 1.82) is 0 Å². The van der Waals surface area contributed by atoms with Crippen LogP contribution in [0.25, 0.3) is 10.9 Å². The summed E-state index contributed by atoms with van der Waals surface area (Å²) in [7, 11) is -3.66. The van der Waals surface area contributed by atoms with Gasteiger partial charge < -0.3 is 19.9 Å². The van der Waals surface area contributed by atoms with Crippen molar-refractivity contribution in [2.24, 2.45) is 5.92 Å². The maximum absolute atomic E-state index is 13.2. The minimum atomic E-state index is -3.66. The van der Waals surface area contributed by atoms with Crippen LogP contribution in [0.2, 0.25) is 0 Å². The van der Waals surface area contributed by atoms with Gasteiger partial charge in [-0.3, -0.25) is 0 Å². The van der Waals surface area contributed by atoms with Gasteiger partial charge in [-0.2, -0.15) is 0 Å². The molecule has 0 spiro atoms. The van der Waals surface area contributed by atoms with E-state index in [1.165, 1.54) is 24.3 Å². The third kappa shape index (κ3) is 4.12. The molecule has 7 nitrogen and oxygen atoms in total. The number of phenols is 1. The maximum Gasteiger partial charge on any atom is 0.352 e. The number of sulfone groups is 1. The van der Waals surface area contributed by atoms with Crippen molar-refractivity contribution < 1.29 is 28.2 Å². The molecule has 0 bridgehead atoms. The summed E-state index contributed by atoms with van der Waals surface area (Å²) in [6.45, 7) is 3.62. The fourth-order valence-corrected chi connectivity index (χ4v) is 6.23. The maximum atomic E-state index is 13.2. The zero-order valence-electron chi connectivity index (χ0n) is 17.4. The average Bonchev–Trinajstić information content (AvgIpc) is 3.35. The first-order chi connectivity index (χ1) is 14.7. The average molecular weight is 444 g/mol. The lowest BCUT2D eigenvalue weighted by atomic mass is 10.1. The monoisotopic (exact) mass is 443 g/mol. The summed E-state index contributed by atoms with van der Waals surface area (Å²) < 4.78 is 32.4. The first kappa shape index (κ1) is 21.2. The van der Waals surface area contributed by atoms with E-state index >= 15 is 0 Å². The zero-order chi connectivity index (χ0) is 22.3. The summed E-state index contributed by atoms with van der Waals surface area (Å²) in [6, 6.07) is 7.40. The minimum absolute atomic E-state index is 0.0291. The van der Waals surface area contributed by atoms with E-state index < -0.39 is 15.8 Å². The number of nitrogens with one attached hydrogen (secondary N) is 1. The molecule has 2 aromatic carbocycles. The number of aromatic amines is 1. The highest BCUT2D eigenvalue weighted by atomic mass is 32.2. The van der Waals surface area contributed by atoms with Crippen molar-refractivity contribution in [3.63, 3.8) is 0 Å². The predicted octanol–water partition coefficient (Wildman–Crippen LogP) is 4.94. The number of hydrogen-bond donors (Lipinski definition) is 3. The van der Waals surface area contributed by atoms with Crippen LogP contribution in [0.15, 0.2) is 35.2 Å².